The predicted octanol–water partition coefficient (Wildman–Crippen LogP) is 0.669. The maximum atomic E-state index is 12.5. The summed E-state index contributed by atoms with van der Waals surface area (Å²) in [5.41, 5.74) is 5.66. The average molecular weight is 272 g/mol. The Bertz CT molecular complexity index is 537. The Labute approximate surface area is 108 Å². The molecule has 7 heteroatoms. The summed E-state index contributed by atoms with van der Waals surface area (Å²) in [5, 5.41) is 3.89. The number of sulfonamides is 1. The number of hydrogen-bond acceptors (Lipinski definition) is 4. The van der Waals surface area contributed by atoms with Crippen molar-refractivity contribution in [3.63, 3.8) is 0 Å². The molecule has 1 saturated heterocycles. The van der Waals surface area contributed by atoms with Gasteiger partial charge >= 0.3 is 0 Å². The molecule has 1 fully saturated rings. The van der Waals surface area contributed by atoms with Gasteiger partial charge in [-0.2, -0.15) is 9.40 Å². The van der Waals surface area contributed by atoms with Gasteiger partial charge < -0.3 is 5.73 Å². The molecule has 1 aromatic rings. The van der Waals surface area contributed by atoms with E-state index in [0.717, 1.165) is 6.42 Å². The van der Waals surface area contributed by atoms with Crippen LogP contribution < -0.4 is 5.73 Å². The lowest BCUT2D eigenvalue weighted by molar-refractivity contribution is 0.212. The van der Waals surface area contributed by atoms with Crippen molar-refractivity contribution in [1.82, 2.24) is 14.1 Å². The third kappa shape index (κ3) is 2.24. The summed E-state index contributed by atoms with van der Waals surface area (Å²) in [6, 6.07) is 0. The zero-order valence-corrected chi connectivity index (χ0v) is 11.8. The van der Waals surface area contributed by atoms with E-state index >= 15 is 0 Å². The number of rotatable bonds is 2. The summed E-state index contributed by atoms with van der Waals surface area (Å²) in [7, 11) is -1.84. The third-order valence-electron chi connectivity index (χ3n) is 3.74. The predicted molar refractivity (Wildman–Crippen MR) is 69.3 cm³/mol. The molecule has 0 radical (unpaired) electrons. The third-order valence-corrected chi connectivity index (χ3v) is 5.62. The number of nitrogen functional groups attached to an aromatic ring is 1. The molecule has 0 saturated carbocycles. The molecule has 6 nitrogen and oxygen atoms in total. The molecule has 0 spiro atoms. The number of nitrogens with zero attached hydrogens (tertiary/aromatic N) is 3. The van der Waals surface area contributed by atoms with E-state index in [1.54, 1.807) is 7.05 Å². The Morgan fingerprint density at radius 2 is 2.06 bits per heavy atom. The van der Waals surface area contributed by atoms with Crippen LogP contribution in [0.4, 0.5) is 5.82 Å². The minimum Gasteiger partial charge on any atom is -0.381 e. The standard InChI is InChI=1S/C11H20N4O2S/c1-8-4-5-15(6-9(8)2)18(16,17)10-7-14(3)13-11(10)12/h7-9H,4-6H2,1-3H3,(H2,12,13). The Morgan fingerprint density at radius 1 is 1.39 bits per heavy atom. The van der Waals surface area contributed by atoms with E-state index in [1.165, 1.54) is 15.2 Å². The summed E-state index contributed by atoms with van der Waals surface area (Å²) in [6.07, 6.45) is 2.36. The molecule has 1 aliphatic heterocycles. The quantitative estimate of drug-likeness (QED) is 0.858. The molecule has 2 N–H and O–H groups in total. The fourth-order valence-electron chi connectivity index (χ4n) is 2.26. The largest absolute Gasteiger partial charge is 0.381 e. The molecule has 1 aromatic heterocycles. The zero-order valence-electron chi connectivity index (χ0n) is 11.0. The van der Waals surface area contributed by atoms with Gasteiger partial charge in [0.25, 0.3) is 0 Å². The first-order chi connectivity index (χ1) is 8.32. The normalized spacial score (nSPS) is 26.4. The monoisotopic (exact) mass is 272 g/mol. The van der Waals surface area contributed by atoms with Crippen LogP contribution in [0.3, 0.4) is 0 Å². The van der Waals surface area contributed by atoms with Crippen LogP contribution >= 0.6 is 0 Å². The number of anilines is 1. The van der Waals surface area contributed by atoms with E-state index in [-0.39, 0.29) is 10.7 Å². The Hall–Kier alpha value is -1.08. The minimum absolute atomic E-state index is 0.0729. The summed E-state index contributed by atoms with van der Waals surface area (Å²) in [6.45, 7) is 5.35. The van der Waals surface area contributed by atoms with Crippen LogP contribution in [0.5, 0.6) is 0 Å². The van der Waals surface area contributed by atoms with E-state index in [0.29, 0.717) is 24.9 Å². The highest BCUT2D eigenvalue weighted by molar-refractivity contribution is 7.89. The van der Waals surface area contributed by atoms with Gasteiger partial charge in [-0.3, -0.25) is 4.68 Å². The van der Waals surface area contributed by atoms with Gasteiger partial charge in [0.15, 0.2) is 5.82 Å². The molecule has 2 rings (SSSR count). The number of piperidine rings is 1. The van der Waals surface area contributed by atoms with Gasteiger partial charge in [-0.1, -0.05) is 13.8 Å². The number of hydrogen-bond donors (Lipinski definition) is 1. The lowest BCUT2D eigenvalue weighted by atomic mass is 9.90. The van der Waals surface area contributed by atoms with Crippen LogP contribution in [0.1, 0.15) is 20.3 Å². The van der Waals surface area contributed by atoms with Gasteiger partial charge in [0.05, 0.1) is 0 Å². The molecule has 2 heterocycles. The van der Waals surface area contributed by atoms with Crippen LogP contribution in [0.15, 0.2) is 11.1 Å². The number of aromatic nitrogens is 2. The van der Waals surface area contributed by atoms with Gasteiger partial charge in [0.1, 0.15) is 4.90 Å². The van der Waals surface area contributed by atoms with Crippen LogP contribution in [0.2, 0.25) is 0 Å². The molecule has 102 valence electrons. The molecule has 18 heavy (non-hydrogen) atoms. The lowest BCUT2D eigenvalue weighted by Crippen LogP contribution is -2.42. The Kier molecular flexibility index (Phi) is 3.37. The second-order valence-corrected chi connectivity index (χ2v) is 7.06. The molecular weight excluding hydrogens is 252 g/mol. The molecular formula is C11H20N4O2S. The van der Waals surface area contributed by atoms with Crippen molar-refractivity contribution in [2.24, 2.45) is 18.9 Å². The van der Waals surface area contributed by atoms with Gasteiger partial charge in [-0.05, 0) is 18.3 Å². The van der Waals surface area contributed by atoms with E-state index < -0.39 is 10.0 Å². The van der Waals surface area contributed by atoms with Crippen LogP contribution in [0, 0.1) is 11.8 Å². The smallest absolute Gasteiger partial charge is 0.248 e. The Balaban J connectivity index is 2.29. The molecule has 1 aliphatic rings. The molecule has 0 aliphatic carbocycles. The van der Waals surface area contributed by atoms with Gasteiger partial charge in [0.2, 0.25) is 10.0 Å². The zero-order chi connectivity index (χ0) is 13.5. The second kappa shape index (κ2) is 4.55. The fourth-order valence-corrected chi connectivity index (χ4v) is 3.91. The highest BCUT2D eigenvalue weighted by atomic mass is 32.2. The fraction of sp³-hybridized carbons (Fsp3) is 0.727. The molecule has 0 aromatic carbocycles. The van der Waals surface area contributed by atoms with Crippen molar-refractivity contribution in [3.05, 3.63) is 6.20 Å². The SMILES string of the molecule is CC1CCN(S(=O)(=O)c2cn(C)nc2N)CC1C. The van der Waals surface area contributed by atoms with Crippen molar-refractivity contribution in [3.8, 4) is 0 Å². The van der Waals surface area contributed by atoms with Gasteiger partial charge in [-0.25, -0.2) is 8.42 Å². The topological polar surface area (TPSA) is 81.2 Å². The molecule has 0 bridgehead atoms. The van der Waals surface area contributed by atoms with E-state index in [2.05, 4.69) is 18.9 Å². The molecule has 0 amide bonds. The van der Waals surface area contributed by atoms with Crippen LogP contribution in [-0.2, 0) is 17.1 Å². The molecule has 2 unspecified atom stereocenters. The lowest BCUT2D eigenvalue weighted by Gasteiger charge is -2.34. The first-order valence-corrected chi connectivity index (χ1v) is 7.55. The van der Waals surface area contributed by atoms with Crippen molar-refractivity contribution in [1.29, 1.82) is 0 Å². The summed E-state index contributed by atoms with van der Waals surface area (Å²) in [5.74, 6) is 0.998. The summed E-state index contributed by atoms with van der Waals surface area (Å²) >= 11 is 0. The van der Waals surface area contributed by atoms with E-state index in [1.807, 2.05) is 0 Å². The van der Waals surface area contributed by atoms with Crippen molar-refractivity contribution in [2.45, 2.75) is 25.2 Å². The number of aryl methyl sites for hydroxylation is 1. The van der Waals surface area contributed by atoms with Crippen molar-refractivity contribution < 1.29 is 8.42 Å². The second-order valence-electron chi connectivity index (χ2n) is 5.16. The van der Waals surface area contributed by atoms with Crippen molar-refractivity contribution >= 4 is 15.8 Å². The van der Waals surface area contributed by atoms with E-state index in [4.69, 9.17) is 5.73 Å². The first kappa shape index (κ1) is 13.4. The summed E-state index contributed by atoms with van der Waals surface area (Å²) < 4.78 is 27.9. The van der Waals surface area contributed by atoms with Gasteiger partial charge in [0, 0.05) is 26.3 Å². The van der Waals surface area contributed by atoms with E-state index in [9.17, 15) is 8.42 Å². The maximum Gasteiger partial charge on any atom is 0.248 e. The minimum atomic E-state index is -3.50. The first-order valence-electron chi connectivity index (χ1n) is 6.11. The summed E-state index contributed by atoms with van der Waals surface area (Å²) in [4.78, 5) is 0.117. The van der Waals surface area contributed by atoms with Crippen molar-refractivity contribution in [2.75, 3.05) is 18.8 Å². The highest BCUT2D eigenvalue weighted by Gasteiger charge is 2.33. The molecule has 2 atom stereocenters. The van der Waals surface area contributed by atoms with Crippen LogP contribution in [0.25, 0.3) is 0 Å². The van der Waals surface area contributed by atoms with Gasteiger partial charge in [-0.15, -0.1) is 0 Å². The number of nitrogens with two attached hydrogens (primary N) is 1. The Morgan fingerprint density at radius 3 is 2.56 bits per heavy atom. The maximum absolute atomic E-state index is 12.5. The van der Waals surface area contributed by atoms with Crippen LogP contribution in [-0.4, -0.2) is 35.6 Å². The highest BCUT2D eigenvalue weighted by Crippen LogP contribution is 2.28. The average Bonchev–Trinajstić information content (AvgIpc) is 2.62.